The SMILES string of the molecule is NC(CC(=O)O)C(=O)NC(Cc1ccccc1)C(=O)NC(Cc1ccc(O)cc1)C(=O)NC(Cc1ccccc1)C(=O)O. The summed E-state index contributed by atoms with van der Waals surface area (Å²) in [6.45, 7) is 0. The predicted octanol–water partition coefficient (Wildman–Crippen LogP) is 0.761. The summed E-state index contributed by atoms with van der Waals surface area (Å²) in [7, 11) is 0. The van der Waals surface area contributed by atoms with Gasteiger partial charge in [-0.05, 0) is 28.8 Å². The largest absolute Gasteiger partial charge is 0.508 e. The molecular weight excluding hydrogens is 556 g/mol. The fraction of sp³-hybridized carbons (Fsp3) is 0.258. The number of aliphatic carboxylic acids is 2. The van der Waals surface area contributed by atoms with Crippen LogP contribution in [0.15, 0.2) is 84.9 Å². The zero-order chi connectivity index (χ0) is 31.4. The van der Waals surface area contributed by atoms with E-state index in [1.165, 1.54) is 12.1 Å². The maximum atomic E-state index is 13.6. The standard InChI is InChI=1S/C31H34N4O8/c32-23(18-27(37)38)28(39)33-24(15-19-7-3-1-4-8-19)29(40)34-25(16-21-11-13-22(36)14-12-21)30(41)35-26(31(42)43)17-20-9-5-2-6-10-20/h1-14,23-26,36H,15-18,32H2,(H,33,39)(H,34,40)(H,35,41)(H,37,38)(H,42,43). The molecule has 3 rings (SSSR count). The van der Waals surface area contributed by atoms with Crippen molar-refractivity contribution in [2.45, 2.75) is 49.9 Å². The molecule has 4 atom stereocenters. The summed E-state index contributed by atoms with van der Waals surface area (Å²) >= 11 is 0. The van der Waals surface area contributed by atoms with Crippen molar-refractivity contribution in [2.75, 3.05) is 0 Å². The summed E-state index contributed by atoms with van der Waals surface area (Å²) in [6.07, 6.45) is -0.733. The van der Waals surface area contributed by atoms with E-state index in [1.807, 2.05) is 0 Å². The lowest BCUT2D eigenvalue weighted by molar-refractivity contribution is -0.142. The number of benzene rings is 3. The van der Waals surface area contributed by atoms with Crippen molar-refractivity contribution in [1.29, 1.82) is 0 Å². The Morgan fingerprint density at radius 1 is 0.581 bits per heavy atom. The minimum absolute atomic E-state index is 0.00247. The lowest BCUT2D eigenvalue weighted by atomic mass is 10.0. The van der Waals surface area contributed by atoms with Crippen LogP contribution in [0.4, 0.5) is 0 Å². The number of nitrogens with one attached hydrogen (secondary N) is 3. The molecule has 0 fully saturated rings. The van der Waals surface area contributed by atoms with Crippen LogP contribution in [0, 0.1) is 0 Å². The molecule has 4 unspecified atom stereocenters. The molecule has 0 aliphatic heterocycles. The molecule has 0 radical (unpaired) electrons. The van der Waals surface area contributed by atoms with Crippen LogP contribution in [0.5, 0.6) is 5.75 Å². The summed E-state index contributed by atoms with van der Waals surface area (Å²) in [5.74, 6) is -4.99. The van der Waals surface area contributed by atoms with Gasteiger partial charge in [-0.1, -0.05) is 72.8 Å². The third-order valence-corrected chi connectivity index (χ3v) is 6.55. The van der Waals surface area contributed by atoms with E-state index < -0.39 is 60.2 Å². The summed E-state index contributed by atoms with van der Waals surface area (Å²) in [4.78, 5) is 62.8. The van der Waals surface area contributed by atoms with Gasteiger partial charge < -0.3 is 37.0 Å². The lowest BCUT2D eigenvalue weighted by Gasteiger charge is -2.25. The summed E-state index contributed by atoms with van der Waals surface area (Å²) in [6, 6.07) is 18.1. The van der Waals surface area contributed by atoms with Gasteiger partial charge in [0, 0.05) is 19.3 Å². The highest BCUT2D eigenvalue weighted by Crippen LogP contribution is 2.13. The highest BCUT2D eigenvalue weighted by Gasteiger charge is 2.31. The van der Waals surface area contributed by atoms with E-state index >= 15 is 0 Å². The van der Waals surface area contributed by atoms with Crippen LogP contribution in [0.1, 0.15) is 23.1 Å². The van der Waals surface area contributed by atoms with Crippen LogP contribution >= 0.6 is 0 Å². The molecular formula is C31H34N4O8. The minimum Gasteiger partial charge on any atom is -0.508 e. The molecule has 0 bridgehead atoms. The second kappa shape index (κ2) is 15.7. The number of carbonyl (C=O) groups excluding carboxylic acids is 3. The Morgan fingerprint density at radius 3 is 1.42 bits per heavy atom. The number of hydrogen-bond donors (Lipinski definition) is 7. The number of carboxylic acid groups (broad SMARTS) is 2. The van der Waals surface area contributed by atoms with Crippen molar-refractivity contribution in [3.05, 3.63) is 102 Å². The predicted molar refractivity (Wildman–Crippen MR) is 156 cm³/mol. The van der Waals surface area contributed by atoms with Gasteiger partial charge >= 0.3 is 11.9 Å². The number of nitrogens with two attached hydrogens (primary N) is 1. The minimum atomic E-state index is -1.42. The first-order valence-electron chi connectivity index (χ1n) is 13.5. The topological polar surface area (TPSA) is 208 Å². The number of phenolic OH excluding ortho intramolecular Hbond substituents is 1. The van der Waals surface area contributed by atoms with Crippen LogP contribution < -0.4 is 21.7 Å². The van der Waals surface area contributed by atoms with Crippen molar-refractivity contribution < 1.29 is 39.3 Å². The Hall–Kier alpha value is -5.23. The Bertz CT molecular complexity index is 1400. The summed E-state index contributed by atoms with van der Waals surface area (Å²) in [5.41, 5.74) is 7.61. The molecule has 0 aliphatic rings. The van der Waals surface area contributed by atoms with Gasteiger partial charge in [0.1, 0.15) is 23.9 Å². The molecule has 3 amide bonds. The van der Waals surface area contributed by atoms with E-state index in [9.17, 15) is 34.2 Å². The number of carboxylic acids is 2. The first kappa shape index (κ1) is 32.3. The molecule has 0 spiro atoms. The Kier molecular flexibility index (Phi) is 11.8. The van der Waals surface area contributed by atoms with Crippen LogP contribution in [-0.4, -0.2) is 69.1 Å². The van der Waals surface area contributed by atoms with Crippen molar-refractivity contribution in [1.82, 2.24) is 16.0 Å². The summed E-state index contributed by atoms with van der Waals surface area (Å²) in [5, 5.41) is 36.1. The maximum Gasteiger partial charge on any atom is 0.326 e. The first-order chi connectivity index (χ1) is 20.5. The molecule has 43 heavy (non-hydrogen) atoms. The molecule has 0 saturated carbocycles. The fourth-order valence-corrected chi connectivity index (χ4v) is 4.29. The molecule has 8 N–H and O–H groups in total. The molecule has 3 aromatic carbocycles. The van der Waals surface area contributed by atoms with Gasteiger partial charge in [0.25, 0.3) is 0 Å². The van der Waals surface area contributed by atoms with Gasteiger partial charge in [-0.15, -0.1) is 0 Å². The van der Waals surface area contributed by atoms with Gasteiger partial charge in [0.15, 0.2) is 0 Å². The van der Waals surface area contributed by atoms with Crippen LogP contribution in [0.3, 0.4) is 0 Å². The Labute approximate surface area is 247 Å². The maximum absolute atomic E-state index is 13.6. The molecule has 226 valence electrons. The third-order valence-electron chi connectivity index (χ3n) is 6.55. The second-order valence-corrected chi connectivity index (χ2v) is 9.98. The smallest absolute Gasteiger partial charge is 0.326 e. The zero-order valence-electron chi connectivity index (χ0n) is 23.2. The molecule has 0 aromatic heterocycles. The monoisotopic (exact) mass is 590 g/mol. The Balaban J connectivity index is 1.85. The first-order valence-corrected chi connectivity index (χ1v) is 13.5. The van der Waals surface area contributed by atoms with E-state index in [0.29, 0.717) is 16.7 Å². The van der Waals surface area contributed by atoms with Gasteiger partial charge in [-0.25, -0.2) is 4.79 Å². The van der Waals surface area contributed by atoms with Gasteiger partial charge in [0.2, 0.25) is 17.7 Å². The van der Waals surface area contributed by atoms with E-state index in [4.69, 9.17) is 10.8 Å². The molecule has 12 nitrogen and oxygen atoms in total. The normalized spacial score (nSPS) is 13.5. The number of aromatic hydroxyl groups is 1. The average Bonchev–Trinajstić information content (AvgIpc) is 2.97. The van der Waals surface area contributed by atoms with Gasteiger partial charge in [-0.3, -0.25) is 19.2 Å². The molecule has 0 heterocycles. The highest BCUT2D eigenvalue weighted by molar-refractivity contribution is 5.95. The van der Waals surface area contributed by atoms with Crippen LogP contribution in [-0.2, 0) is 43.2 Å². The highest BCUT2D eigenvalue weighted by atomic mass is 16.4. The van der Waals surface area contributed by atoms with Crippen LogP contribution in [0.25, 0.3) is 0 Å². The van der Waals surface area contributed by atoms with Crippen molar-refractivity contribution in [3.8, 4) is 5.75 Å². The quantitative estimate of drug-likeness (QED) is 0.133. The Morgan fingerprint density at radius 2 is 0.977 bits per heavy atom. The van der Waals surface area contributed by atoms with E-state index in [-0.39, 0.29) is 25.0 Å². The number of rotatable bonds is 15. The van der Waals surface area contributed by atoms with E-state index in [2.05, 4.69) is 16.0 Å². The molecule has 3 aromatic rings. The number of carbonyl (C=O) groups is 5. The van der Waals surface area contributed by atoms with Gasteiger partial charge in [-0.2, -0.15) is 0 Å². The number of amides is 3. The number of hydrogen-bond acceptors (Lipinski definition) is 7. The zero-order valence-corrected chi connectivity index (χ0v) is 23.2. The van der Waals surface area contributed by atoms with Crippen molar-refractivity contribution >= 4 is 29.7 Å². The average molecular weight is 591 g/mol. The van der Waals surface area contributed by atoms with Crippen molar-refractivity contribution in [2.24, 2.45) is 5.73 Å². The molecule has 0 saturated heterocycles. The van der Waals surface area contributed by atoms with E-state index in [1.54, 1.807) is 72.8 Å². The fourth-order valence-electron chi connectivity index (χ4n) is 4.29. The lowest BCUT2D eigenvalue weighted by Crippen LogP contribution is -2.58. The second-order valence-electron chi connectivity index (χ2n) is 9.98. The van der Waals surface area contributed by atoms with Gasteiger partial charge in [0.05, 0.1) is 12.5 Å². The molecule has 0 aliphatic carbocycles. The number of phenols is 1. The summed E-state index contributed by atoms with van der Waals surface area (Å²) < 4.78 is 0. The van der Waals surface area contributed by atoms with E-state index in [0.717, 1.165) is 0 Å². The third kappa shape index (κ3) is 10.6. The van der Waals surface area contributed by atoms with Crippen molar-refractivity contribution in [3.63, 3.8) is 0 Å². The molecule has 12 heteroatoms. The van der Waals surface area contributed by atoms with Crippen LogP contribution in [0.2, 0.25) is 0 Å².